The van der Waals surface area contributed by atoms with Crippen molar-refractivity contribution < 1.29 is 4.74 Å². The van der Waals surface area contributed by atoms with Crippen LogP contribution >= 0.6 is 0 Å². The van der Waals surface area contributed by atoms with Gasteiger partial charge in [0.1, 0.15) is 0 Å². The summed E-state index contributed by atoms with van der Waals surface area (Å²) in [5.74, 6) is 0. The molecule has 0 aliphatic carbocycles. The number of ether oxygens (including phenoxy) is 1. The van der Waals surface area contributed by atoms with E-state index in [0.29, 0.717) is 6.54 Å². The standard InChI is InChI=1S/C15H18N2O/c1-11-4-13-5-12(2-3-14(13)17-7-11)6-15(8-16)9-18-10-15/h2-5,7H,6,8-10,16H2,1H3. The molecule has 1 fully saturated rings. The number of pyridine rings is 1. The van der Waals surface area contributed by atoms with Gasteiger partial charge in [0.05, 0.1) is 18.7 Å². The second-order valence-electron chi connectivity index (χ2n) is 5.41. The number of fused-ring (bicyclic) bond motifs is 1. The first-order valence-corrected chi connectivity index (χ1v) is 6.34. The fraction of sp³-hybridized carbons (Fsp3) is 0.400. The van der Waals surface area contributed by atoms with Gasteiger partial charge in [0, 0.05) is 23.5 Å². The Hall–Kier alpha value is -1.45. The van der Waals surface area contributed by atoms with Gasteiger partial charge >= 0.3 is 0 Å². The molecular weight excluding hydrogens is 224 g/mol. The summed E-state index contributed by atoms with van der Waals surface area (Å²) in [5, 5.41) is 1.21. The van der Waals surface area contributed by atoms with Crippen molar-refractivity contribution in [3.63, 3.8) is 0 Å². The lowest BCUT2D eigenvalue weighted by atomic mass is 9.80. The molecule has 1 aliphatic rings. The number of nitrogens with zero attached hydrogens (tertiary/aromatic N) is 1. The van der Waals surface area contributed by atoms with Crippen molar-refractivity contribution in [1.29, 1.82) is 0 Å². The molecule has 1 aromatic carbocycles. The molecule has 1 aliphatic heterocycles. The number of benzene rings is 1. The zero-order chi connectivity index (χ0) is 12.6. The predicted molar refractivity (Wildman–Crippen MR) is 72.5 cm³/mol. The Bertz CT molecular complexity index is 570. The minimum absolute atomic E-state index is 0.158. The fourth-order valence-corrected chi connectivity index (χ4v) is 2.52. The first-order chi connectivity index (χ1) is 8.71. The maximum atomic E-state index is 5.86. The van der Waals surface area contributed by atoms with E-state index in [0.717, 1.165) is 25.2 Å². The van der Waals surface area contributed by atoms with E-state index in [9.17, 15) is 0 Å². The lowest BCUT2D eigenvalue weighted by molar-refractivity contribution is -0.106. The summed E-state index contributed by atoms with van der Waals surface area (Å²) in [6.07, 6.45) is 2.90. The van der Waals surface area contributed by atoms with Gasteiger partial charge in [-0.1, -0.05) is 6.07 Å². The average Bonchev–Trinajstić information content (AvgIpc) is 2.33. The highest BCUT2D eigenvalue weighted by atomic mass is 16.5. The van der Waals surface area contributed by atoms with E-state index in [4.69, 9.17) is 10.5 Å². The number of aryl methyl sites for hydroxylation is 1. The summed E-state index contributed by atoms with van der Waals surface area (Å²) in [5.41, 5.74) is 9.59. The van der Waals surface area contributed by atoms with E-state index >= 15 is 0 Å². The quantitative estimate of drug-likeness (QED) is 0.896. The summed E-state index contributed by atoms with van der Waals surface area (Å²) in [6.45, 7) is 4.33. The zero-order valence-corrected chi connectivity index (χ0v) is 10.6. The molecule has 3 heteroatoms. The Kier molecular flexibility index (Phi) is 2.80. The maximum absolute atomic E-state index is 5.86. The lowest BCUT2D eigenvalue weighted by Gasteiger charge is -2.40. The molecule has 18 heavy (non-hydrogen) atoms. The zero-order valence-electron chi connectivity index (χ0n) is 10.6. The highest BCUT2D eigenvalue weighted by Crippen LogP contribution is 2.31. The number of aromatic nitrogens is 1. The molecule has 2 heterocycles. The van der Waals surface area contributed by atoms with E-state index in [1.165, 1.54) is 16.5 Å². The van der Waals surface area contributed by atoms with Crippen LogP contribution in [0.3, 0.4) is 0 Å². The van der Waals surface area contributed by atoms with Crippen LogP contribution in [0.1, 0.15) is 11.1 Å². The Morgan fingerprint density at radius 2 is 2.17 bits per heavy atom. The van der Waals surface area contributed by atoms with Crippen LogP contribution in [0.15, 0.2) is 30.5 Å². The van der Waals surface area contributed by atoms with Gasteiger partial charge in [0.25, 0.3) is 0 Å². The van der Waals surface area contributed by atoms with Gasteiger partial charge in [-0.3, -0.25) is 4.98 Å². The molecular formula is C15H18N2O. The topological polar surface area (TPSA) is 48.1 Å². The first kappa shape index (κ1) is 11.6. The maximum Gasteiger partial charge on any atom is 0.0702 e. The van der Waals surface area contributed by atoms with E-state index in [2.05, 4.69) is 36.2 Å². The van der Waals surface area contributed by atoms with Crippen LogP contribution in [-0.2, 0) is 11.2 Å². The first-order valence-electron chi connectivity index (χ1n) is 6.34. The minimum Gasteiger partial charge on any atom is -0.380 e. The van der Waals surface area contributed by atoms with Gasteiger partial charge < -0.3 is 10.5 Å². The molecule has 3 nitrogen and oxygen atoms in total. The summed E-state index contributed by atoms with van der Waals surface area (Å²) >= 11 is 0. The van der Waals surface area contributed by atoms with Crippen molar-refractivity contribution in [2.24, 2.45) is 11.1 Å². The lowest BCUT2D eigenvalue weighted by Crippen LogP contribution is -2.49. The molecule has 0 radical (unpaired) electrons. The van der Waals surface area contributed by atoms with Gasteiger partial charge in [-0.25, -0.2) is 0 Å². The third-order valence-electron chi connectivity index (χ3n) is 3.71. The third kappa shape index (κ3) is 2.00. The van der Waals surface area contributed by atoms with Crippen molar-refractivity contribution in [3.8, 4) is 0 Å². The Morgan fingerprint density at radius 1 is 1.33 bits per heavy atom. The number of rotatable bonds is 3. The Morgan fingerprint density at radius 3 is 2.83 bits per heavy atom. The molecule has 2 N–H and O–H groups in total. The van der Waals surface area contributed by atoms with Crippen LogP contribution in [0.5, 0.6) is 0 Å². The van der Waals surface area contributed by atoms with E-state index in [1.54, 1.807) is 0 Å². The van der Waals surface area contributed by atoms with Crippen LogP contribution in [0, 0.1) is 12.3 Å². The van der Waals surface area contributed by atoms with E-state index < -0.39 is 0 Å². The van der Waals surface area contributed by atoms with Crippen molar-refractivity contribution in [2.45, 2.75) is 13.3 Å². The fourth-order valence-electron chi connectivity index (χ4n) is 2.52. The smallest absolute Gasteiger partial charge is 0.0702 e. The monoisotopic (exact) mass is 242 g/mol. The van der Waals surface area contributed by atoms with Crippen molar-refractivity contribution in [3.05, 3.63) is 41.6 Å². The van der Waals surface area contributed by atoms with Gasteiger partial charge in [0.15, 0.2) is 0 Å². The molecule has 0 unspecified atom stereocenters. The van der Waals surface area contributed by atoms with Crippen LogP contribution in [0.25, 0.3) is 10.9 Å². The van der Waals surface area contributed by atoms with Crippen LogP contribution in [-0.4, -0.2) is 24.7 Å². The van der Waals surface area contributed by atoms with Gasteiger partial charge in [-0.2, -0.15) is 0 Å². The summed E-state index contributed by atoms with van der Waals surface area (Å²) < 4.78 is 5.32. The third-order valence-corrected chi connectivity index (χ3v) is 3.71. The molecule has 1 saturated heterocycles. The molecule has 94 valence electrons. The Labute approximate surface area is 107 Å². The van der Waals surface area contributed by atoms with Crippen LogP contribution < -0.4 is 5.73 Å². The van der Waals surface area contributed by atoms with Crippen molar-refractivity contribution in [1.82, 2.24) is 4.98 Å². The normalized spacial score (nSPS) is 17.7. The molecule has 3 rings (SSSR count). The highest BCUT2D eigenvalue weighted by Gasteiger charge is 2.37. The van der Waals surface area contributed by atoms with Gasteiger partial charge in [0.2, 0.25) is 0 Å². The average molecular weight is 242 g/mol. The second-order valence-corrected chi connectivity index (χ2v) is 5.41. The number of hydrogen-bond donors (Lipinski definition) is 1. The molecule has 0 amide bonds. The molecule has 0 bridgehead atoms. The molecule has 2 aromatic rings. The number of nitrogens with two attached hydrogens (primary N) is 1. The second kappa shape index (κ2) is 4.34. The summed E-state index contributed by atoms with van der Waals surface area (Å²) in [4.78, 5) is 4.42. The minimum atomic E-state index is 0.158. The van der Waals surface area contributed by atoms with E-state index in [-0.39, 0.29) is 5.41 Å². The van der Waals surface area contributed by atoms with Crippen LogP contribution in [0.4, 0.5) is 0 Å². The summed E-state index contributed by atoms with van der Waals surface area (Å²) in [6, 6.07) is 8.65. The van der Waals surface area contributed by atoms with Gasteiger partial charge in [-0.05, 0) is 42.7 Å². The molecule has 0 spiro atoms. The Balaban J connectivity index is 1.93. The summed E-state index contributed by atoms with van der Waals surface area (Å²) in [7, 11) is 0. The van der Waals surface area contributed by atoms with Crippen molar-refractivity contribution in [2.75, 3.05) is 19.8 Å². The number of hydrogen-bond acceptors (Lipinski definition) is 3. The molecule has 0 atom stereocenters. The largest absolute Gasteiger partial charge is 0.380 e. The van der Waals surface area contributed by atoms with Crippen molar-refractivity contribution >= 4 is 10.9 Å². The highest BCUT2D eigenvalue weighted by molar-refractivity contribution is 5.79. The van der Waals surface area contributed by atoms with Gasteiger partial charge in [-0.15, -0.1) is 0 Å². The molecule has 0 saturated carbocycles. The molecule has 1 aromatic heterocycles. The SMILES string of the molecule is Cc1cnc2ccc(CC3(CN)COC3)cc2c1. The van der Waals surface area contributed by atoms with Crippen LogP contribution in [0.2, 0.25) is 0 Å². The van der Waals surface area contributed by atoms with E-state index in [1.807, 2.05) is 6.20 Å². The predicted octanol–water partition coefficient (Wildman–Crippen LogP) is 2.06.